The number of aromatic nitrogens is 1. The highest BCUT2D eigenvalue weighted by Gasteiger charge is 2.20. The molecule has 0 atom stereocenters. The van der Waals surface area contributed by atoms with E-state index in [9.17, 15) is 13.2 Å². The van der Waals surface area contributed by atoms with E-state index in [1.54, 1.807) is 23.7 Å². The van der Waals surface area contributed by atoms with Crippen molar-refractivity contribution in [1.29, 1.82) is 0 Å². The van der Waals surface area contributed by atoms with Crippen LogP contribution in [0, 0.1) is 0 Å². The van der Waals surface area contributed by atoms with Crippen LogP contribution >= 0.6 is 22.9 Å². The van der Waals surface area contributed by atoms with Gasteiger partial charge in [-0.15, -0.1) is 11.3 Å². The van der Waals surface area contributed by atoms with Crippen LogP contribution in [0.2, 0.25) is 5.02 Å². The van der Waals surface area contributed by atoms with Gasteiger partial charge in [0.2, 0.25) is 5.91 Å². The van der Waals surface area contributed by atoms with Gasteiger partial charge in [-0.1, -0.05) is 11.6 Å². The normalized spacial score (nSPS) is 13.7. The zero-order valence-electron chi connectivity index (χ0n) is 16.0. The standard InChI is InChI=1S/C21H20ClN3O3S2/c22-16-3-8-19-15(12-16)2-1-10-25(19)13-20(26)24-17-4-6-18(7-5-17)30(27,28)14-21-23-9-11-29-21/h3-9,11-12H,1-2,10,13-14H2,(H,24,26). The lowest BCUT2D eigenvalue weighted by molar-refractivity contribution is -0.115. The molecule has 0 saturated carbocycles. The van der Waals surface area contributed by atoms with Crippen molar-refractivity contribution in [2.24, 2.45) is 0 Å². The summed E-state index contributed by atoms with van der Waals surface area (Å²) in [5, 5.41) is 5.84. The molecule has 3 aromatic rings. The molecular formula is C21H20ClN3O3S2. The smallest absolute Gasteiger partial charge is 0.243 e. The predicted octanol–water partition coefficient (Wildman–Crippen LogP) is 4.16. The fraction of sp³-hybridized carbons (Fsp3) is 0.238. The average molecular weight is 462 g/mol. The van der Waals surface area contributed by atoms with Gasteiger partial charge in [-0.05, 0) is 60.9 Å². The number of sulfone groups is 1. The van der Waals surface area contributed by atoms with E-state index < -0.39 is 9.84 Å². The Bertz CT molecular complexity index is 1150. The van der Waals surface area contributed by atoms with Crippen LogP contribution in [0.5, 0.6) is 0 Å². The SMILES string of the molecule is O=C(CN1CCCc2cc(Cl)ccc21)Nc1ccc(S(=O)(=O)Cc2nccs2)cc1. The number of rotatable bonds is 6. The third-order valence-corrected chi connectivity index (χ3v) is 7.73. The van der Waals surface area contributed by atoms with E-state index in [0.29, 0.717) is 15.7 Å². The molecule has 1 amide bonds. The van der Waals surface area contributed by atoms with Crippen LogP contribution in [-0.4, -0.2) is 32.4 Å². The molecule has 1 aliphatic rings. The lowest BCUT2D eigenvalue weighted by atomic mass is 10.0. The van der Waals surface area contributed by atoms with Crippen LogP contribution < -0.4 is 10.2 Å². The number of halogens is 1. The molecule has 2 heterocycles. The van der Waals surface area contributed by atoms with E-state index >= 15 is 0 Å². The van der Waals surface area contributed by atoms with Crippen LogP contribution in [-0.2, 0) is 26.8 Å². The Kier molecular flexibility index (Phi) is 6.08. The van der Waals surface area contributed by atoms with Gasteiger partial charge >= 0.3 is 0 Å². The van der Waals surface area contributed by atoms with Gasteiger partial charge in [-0.2, -0.15) is 0 Å². The molecule has 0 saturated heterocycles. The van der Waals surface area contributed by atoms with Gasteiger partial charge < -0.3 is 10.2 Å². The summed E-state index contributed by atoms with van der Waals surface area (Å²) in [6.45, 7) is 1.02. The summed E-state index contributed by atoms with van der Waals surface area (Å²) in [6, 6.07) is 12.0. The predicted molar refractivity (Wildman–Crippen MR) is 120 cm³/mol. The molecule has 0 fully saturated rings. The second kappa shape index (κ2) is 8.75. The Morgan fingerprint density at radius 2 is 2.00 bits per heavy atom. The van der Waals surface area contributed by atoms with Crippen molar-refractivity contribution in [3.63, 3.8) is 0 Å². The molecule has 9 heteroatoms. The Hall–Kier alpha value is -2.42. The minimum Gasteiger partial charge on any atom is -0.362 e. The number of nitrogens with one attached hydrogen (secondary N) is 1. The molecule has 6 nitrogen and oxygen atoms in total. The van der Waals surface area contributed by atoms with Crippen molar-refractivity contribution in [3.05, 3.63) is 69.6 Å². The van der Waals surface area contributed by atoms with Crippen LogP contribution in [0.25, 0.3) is 0 Å². The molecule has 2 aromatic carbocycles. The zero-order chi connectivity index (χ0) is 21.1. The summed E-state index contributed by atoms with van der Waals surface area (Å²) in [5.74, 6) is -0.287. The molecule has 0 unspecified atom stereocenters. The molecule has 30 heavy (non-hydrogen) atoms. The summed E-state index contributed by atoms with van der Waals surface area (Å²) >= 11 is 7.39. The molecule has 1 aliphatic heterocycles. The van der Waals surface area contributed by atoms with Crippen molar-refractivity contribution in [2.45, 2.75) is 23.5 Å². The number of hydrogen-bond acceptors (Lipinski definition) is 6. The molecule has 0 bridgehead atoms. The first-order valence-electron chi connectivity index (χ1n) is 9.45. The van der Waals surface area contributed by atoms with Crippen molar-refractivity contribution in [2.75, 3.05) is 23.3 Å². The quantitative estimate of drug-likeness (QED) is 0.596. The van der Waals surface area contributed by atoms with Gasteiger partial charge in [0.15, 0.2) is 9.84 Å². The highest BCUT2D eigenvalue weighted by Crippen LogP contribution is 2.29. The Labute approximate surface area is 184 Å². The molecule has 4 rings (SSSR count). The maximum absolute atomic E-state index is 12.5. The zero-order valence-corrected chi connectivity index (χ0v) is 18.4. The van der Waals surface area contributed by atoms with Crippen LogP contribution in [0.15, 0.2) is 58.9 Å². The van der Waals surface area contributed by atoms with Gasteiger partial charge in [-0.3, -0.25) is 4.79 Å². The summed E-state index contributed by atoms with van der Waals surface area (Å²) in [7, 11) is -3.47. The second-order valence-electron chi connectivity index (χ2n) is 7.06. The van der Waals surface area contributed by atoms with Gasteiger partial charge in [-0.25, -0.2) is 13.4 Å². The fourth-order valence-electron chi connectivity index (χ4n) is 3.50. The number of thiazole rings is 1. The number of carbonyl (C=O) groups is 1. The topological polar surface area (TPSA) is 79.4 Å². The average Bonchev–Trinajstić information content (AvgIpc) is 3.20. The number of hydrogen-bond donors (Lipinski definition) is 1. The molecular weight excluding hydrogens is 442 g/mol. The van der Waals surface area contributed by atoms with Crippen LogP contribution in [0.4, 0.5) is 11.4 Å². The lowest BCUT2D eigenvalue weighted by Gasteiger charge is -2.30. The Morgan fingerprint density at radius 3 is 2.73 bits per heavy atom. The largest absolute Gasteiger partial charge is 0.362 e. The third-order valence-electron chi connectivity index (χ3n) is 4.88. The second-order valence-corrected chi connectivity index (χ2v) is 10.5. The third kappa shape index (κ3) is 4.83. The van der Waals surface area contributed by atoms with E-state index in [1.165, 1.54) is 23.5 Å². The van der Waals surface area contributed by atoms with E-state index in [2.05, 4.69) is 10.3 Å². The van der Waals surface area contributed by atoms with Crippen molar-refractivity contribution >= 4 is 50.1 Å². The molecule has 0 aliphatic carbocycles. The summed E-state index contributed by atoms with van der Waals surface area (Å²) in [4.78, 5) is 18.8. The highest BCUT2D eigenvalue weighted by atomic mass is 35.5. The van der Waals surface area contributed by atoms with Crippen molar-refractivity contribution < 1.29 is 13.2 Å². The number of amides is 1. The monoisotopic (exact) mass is 461 g/mol. The first-order valence-corrected chi connectivity index (χ1v) is 12.4. The molecule has 0 radical (unpaired) electrons. The first-order chi connectivity index (χ1) is 14.4. The lowest BCUT2D eigenvalue weighted by Crippen LogP contribution is -2.36. The number of benzene rings is 2. The molecule has 1 N–H and O–H groups in total. The van der Waals surface area contributed by atoms with E-state index in [0.717, 1.165) is 30.6 Å². The number of nitrogens with zero attached hydrogens (tertiary/aromatic N) is 2. The number of fused-ring (bicyclic) bond motifs is 1. The molecule has 1 aromatic heterocycles. The minimum absolute atomic E-state index is 0.130. The summed E-state index contributed by atoms with van der Waals surface area (Å²) < 4.78 is 25.0. The Balaban J connectivity index is 1.40. The highest BCUT2D eigenvalue weighted by molar-refractivity contribution is 7.90. The number of anilines is 2. The van der Waals surface area contributed by atoms with Crippen molar-refractivity contribution in [3.8, 4) is 0 Å². The maximum atomic E-state index is 12.5. The first kappa shape index (κ1) is 20.8. The number of carbonyl (C=O) groups excluding carboxylic acids is 1. The van der Waals surface area contributed by atoms with Gasteiger partial charge in [0.1, 0.15) is 10.8 Å². The minimum atomic E-state index is -3.47. The summed E-state index contributed by atoms with van der Waals surface area (Å²) in [5.41, 5.74) is 2.74. The Morgan fingerprint density at radius 1 is 1.20 bits per heavy atom. The summed E-state index contributed by atoms with van der Waals surface area (Å²) in [6.07, 6.45) is 3.50. The molecule has 0 spiro atoms. The van der Waals surface area contributed by atoms with Gasteiger partial charge in [0.25, 0.3) is 0 Å². The van der Waals surface area contributed by atoms with E-state index in [4.69, 9.17) is 11.6 Å². The fourth-order valence-corrected chi connectivity index (χ4v) is 5.95. The molecule has 156 valence electrons. The maximum Gasteiger partial charge on any atom is 0.243 e. The number of aryl methyl sites for hydroxylation is 1. The van der Waals surface area contributed by atoms with Crippen LogP contribution in [0.1, 0.15) is 17.0 Å². The van der Waals surface area contributed by atoms with Gasteiger partial charge in [0.05, 0.1) is 11.4 Å². The van der Waals surface area contributed by atoms with Crippen LogP contribution in [0.3, 0.4) is 0 Å². The van der Waals surface area contributed by atoms with E-state index in [-0.39, 0.29) is 23.1 Å². The van der Waals surface area contributed by atoms with Crippen molar-refractivity contribution in [1.82, 2.24) is 4.98 Å². The van der Waals surface area contributed by atoms with Gasteiger partial charge in [0, 0.05) is 34.5 Å². The van der Waals surface area contributed by atoms with E-state index in [1.807, 2.05) is 23.1 Å².